The Morgan fingerprint density at radius 3 is 2.82 bits per heavy atom. The summed E-state index contributed by atoms with van der Waals surface area (Å²) in [5.74, 6) is 0.0544. The predicted octanol–water partition coefficient (Wildman–Crippen LogP) is 3.40. The second-order valence-electron chi connectivity index (χ2n) is 4.32. The monoisotopic (exact) mass is 298 g/mol. The molecule has 1 aliphatic rings. The van der Waals surface area contributed by atoms with Crippen LogP contribution in [0.3, 0.4) is 0 Å². The molecule has 1 aromatic rings. The van der Waals surface area contributed by atoms with Gasteiger partial charge in [0.25, 0.3) is 0 Å². The molecule has 3 nitrogen and oxygen atoms in total. The molecule has 4 heteroatoms. The van der Waals surface area contributed by atoms with Crippen LogP contribution in [0.4, 0.5) is 0 Å². The Morgan fingerprint density at radius 2 is 2.24 bits per heavy atom. The first-order chi connectivity index (χ1) is 8.15. The minimum atomic E-state index is -0.778. The molecule has 0 aromatic heterocycles. The molecule has 0 atom stereocenters. The third kappa shape index (κ3) is 3.46. The Hall–Kier alpha value is -1.03. The van der Waals surface area contributed by atoms with Crippen molar-refractivity contribution in [3.63, 3.8) is 0 Å². The summed E-state index contributed by atoms with van der Waals surface area (Å²) < 4.78 is 6.81. The summed E-state index contributed by atoms with van der Waals surface area (Å²) in [6.07, 6.45) is 4.41. The lowest BCUT2D eigenvalue weighted by atomic mass is 9.96. The van der Waals surface area contributed by atoms with Gasteiger partial charge in [-0.2, -0.15) is 0 Å². The molecule has 0 amide bonds. The molecule has 0 saturated heterocycles. The van der Waals surface area contributed by atoms with Gasteiger partial charge in [-0.1, -0.05) is 15.9 Å². The normalized spacial score (nSPS) is 15.4. The van der Waals surface area contributed by atoms with Gasteiger partial charge in [-0.25, -0.2) is 0 Å². The molecule has 0 aliphatic heterocycles. The molecule has 92 valence electrons. The van der Waals surface area contributed by atoms with Crippen molar-refractivity contribution in [2.45, 2.75) is 38.2 Å². The van der Waals surface area contributed by atoms with Crippen LogP contribution in [-0.2, 0) is 11.2 Å². The Kier molecular flexibility index (Phi) is 4.05. The molecular weight excluding hydrogens is 284 g/mol. The maximum Gasteiger partial charge on any atom is 0.303 e. The van der Waals surface area contributed by atoms with Crippen molar-refractivity contribution in [3.8, 4) is 5.75 Å². The van der Waals surface area contributed by atoms with Gasteiger partial charge in [0, 0.05) is 10.9 Å². The fraction of sp³-hybridized carbons (Fsp3) is 0.462. The molecule has 1 fully saturated rings. The fourth-order valence-corrected chi connectivity index (χ4v) is 2.18. The maximum atomic E-state index is 10.6. The average Bonchev–Trinajstić information content (AvgIpc) is 2.22. The fourth-order valence-electron chi connectivity index (χ4n) is 1.77. The number of halogens is 1. The van der Waals surface area contributed by atoms with E-state index >= 15 is 0 Å². The summed E-state index contributed by atoms with van der Waals surface area (Å²) >= 11 is 3.40. The van der Waals surface area contributed by atoms with Gasteiger partial charge in [0.1, 0.15) is 5.75 Å². The molecule has 0 heterocycles. The van der Waals surface area contributed by atoms with E-state index in [1.54, 1.807) is 0 Å². The van der Waals surface area contributed by atoms with E-state index < -0.39 is 5.97 Å². The van der Waals surface area contributed by atoms with Crippen LogP contribution >= 0.6 is 15.9 Å². The zero-order valence-electron chi connectivity index (χ0n) is 9.49. The second-order valence-corrected chi connectivity index (χ2v) is 5.23. The molecule has 2 rings (SSSR count). The Balaban J connectivity index is 2.08. The van der Waals surface area contributed by atoms with Crippen LogP contribution in [-0.4, -0.2) is 17.2 Å². The molecule has 1 aromatic carbocycles. The molecule has 0 unspecified atom stereocenters. The van der Waals surface area contributed by atoms with Crippen LogP contribution in [0.2, 0.25) is 0 Å². The molecule has 1 N–H and O–H groups in total. The van der Waals surface area contributed by atoms with Crippen molar-refractivity contribution in [2.75, 3.05) is 0 Å². The largest absolute Gasteiger partial charge is 0.490 e. The van der Waals surface area contributed by atoms with E-state index in [-0.39, 0.29) is 6.42 Å². The van der Waals surface area contributed by atoms with E-state index in [1.165, 1.54) is 6.42 Å². The highest BCUT2D eigenvalue weighted by atomic mass is 79.9. The van der Waals surface area contributed by atoms with Gasteiger partial charge < -0.3 is 9.84 Å². The Labute approximate surface area is 109 Å². The van der Waals surface area contributed by atoms with Gasteiger partial charge in [-0.3, -0.25) is 4.79 Å². The van der Waals surface area contributed by atoms with Crippen molar-refractivity contribution in [1.82, 2.24) is 0 Å². The minimum Gasteiger partial charge on any atom is -0.490 e. The molecule has 1 aliphatic carbocycles. The summed E-state index contributed by atoms with van der Waals surface area (Å²) in [5, 5.41) is 8.72. The molecule has 1 saturated carbocycles. The topological polar surface area (TPSA) is 46.5 Å². The number of hydrogen-bond acceptors (Lipinski definition) is 2. The number of carboxylic acid groups (broad SMARTS) is 1. The smallest absolute Gasteiger partial charge is 0.303 e. The van der Waals surface area contributed by atoms with Gasteiger partial charge in [0.05, 0.1) is 6.10 Å². The van der Waals surface area contributed by atoms with E-state index in [9.17, 15) is 4.79 Å². The van der Waals surface area contributed by atoms with Gasteiger partial charge in [-0.15, -0.1) is 0 Å². The number of hydrogen-bond donors (Lipinski definition) is 1. The SMILES string of the molecule is O=C(O)CCc1cc(Br)ccc1OC1CCC1. The van der Waals surface area contributed by atoms with E-state index in [0.717, 1.165) is 28.6 Å². The summed E-state index contributed by atoms with van der Waals surface area (Å²) in [6, 6.07) is 5.79. The number of rotatable bonds is 5. The van der Waals surface area contributed by atoms with Crippen LogP contribution in [0.15, 0.2) is 22.7 Å². The van der Waals surface area contributed by atoms with E-state index in [0.29, 0.717) is 12.5 Å². The number of aliphatic carboxylic acids is 1. The van der Waals surface area contributed by atoms with E-state index in [1.807, 2.05) is 18.2 Å². The second kappa shape index (κ2) is 5.54. The number of carbonyl (C=O) groups is 1. The quantitative estimate of drug-likeness (QED) is 0.906. The zero-order chi connectivity index (χ0) is 12.3. The van der Waals surface area contributed by atoms with Gasteiger partial charge in [0.15, 0.2) is 0 Å². The zero-order valence-corrected chi connectivity index (χ0v) is 11.1. The highest BCUT2D eigenvalue weighted by Gasteiger charge is 2.20. The minimum absolute atomic E-state index is 0.136. The summed E-state index contributed by atoms with van der Waals surface area (Å²) in [7, 11) is 0. The van der Waals surface area contributed by atoms with Crippen LogP contribution in [0.25, 0.3) is 0 Å². The highest BCUT2D eigenvalue weighted by molar-refractivity contribution is 9.10. The van der Waals surface area contributed by atoms with Crippen molar-refractivity contribution >= 4 is 21.9 Å². The lowest BCUT2D eigenvalue weighted by Crippen LogP contribution is -2.25. The lowest BCUT2D eigenvalue weighted by Gasteiger charge is -2.27. The summed E-state index contributed by atoms with van der Waals surface area (Å²) in [4.78, 5) is 10.6. The molecule has 0 spiro atoms. The average molecular weight is 299 g/mol. The lowest BCUT2D eigenvalue weighted by molar-refractivity contribution is -0.136. The standard InChI is InChI=1S/C13H15BrO3/c14-10-5-6-12(17-11-2-1-3-11)9(8-10)4-7-13(15)16/h5-6,8,11H,1-4,7H2,(H,15,16). The molecular formula is C13H15BrO3. The Morgan fingerprint density at radius 1 is 1.47 bits per heavy atom. The van der Waals surface area contributed by atoms with E-state index in [2.05, 4.69) is 15.9 Å². The first-order valence-corrected chi connectivity index (χ1v) is 6.61. The van der Waals surface area contributed by atoms with Crippen LogP contribution in [0.1, 0.15) is 31.2 Å². The summed E-state index contributed by atoms with van der Waals surface area (Å²) in [6.45, 7) is 0. The number of ether oxygens (including phenoxy) is 1. The molecule has 17 heavy (non-hydrogen) atoms. The predicted molar refractivity (Wildman–Crippen MR) is 68.4 cm³/mol. The summed E-state index contributed by atoms with van der Waals surface area (Å²) in [5.41, 5.74) is 0.966. The molecule has 0 bridgehead atoms. The van der Waals surface area contributed by atoms with Crippen molar-refractivity contribution in [2.24, 2.45) is 0 Å². The van der Waals surface area contributed by atoms with Crippen molar-refractivity contribution < 1.29 is 14.6 Å². The van der Waals surface area contributed by atoms with E-state index in [4.69, 9.17) is 9.84 Å². The number of carboxylic acids is 1. The van der Waals surface area contributed by atoms with Gasteiger partial charge in [-0.05, 0) is 49.4 Å². The van der Waals surface area contributed by atoms with Crippen LogP contribution in [0, 0.1) is 0 Å². The van der Waals surface area contributed by atoms with Crippen molar-refractivity contribution in [1.29, 1.82) is 0 Å². The highest BCUT2D eigenvalue weighted by Crippen LogP contribution is 2.30. The maximum absolute atomic E-state index is 10.6. The Bertz CT molecular complexity index is 413. The van der Waals surface area contributed by atoms with Gasteiger partial charge >= 0.3 is 5.97 Å². The first-order valence-electron chi connectivity index (χ1n) is 5.82. The van der Waals surface area contributed by atoms with Crippen LogP contribution in [0.5, 0.6) is 5.75 Å². The third-order valence-corrected chi connectivity index (χ3v) is 3.47. The van der Waals surface area contributed by atoms with Crippen LogP contribution < -0.4 is 4.74 Å². The molecule has 0 radical (unpaired) electrons. The van der Waals surface area contributed by atoms with Crippen molar-refractivity contribution in [3.05, 3.63) is 28.2 Å². The number of benzene rings is 1. The number of aryl methyl sites for hydroxylation is 1. The van der Waals surface area contributed by atoms with Gasteiger partial charge in [0.2, 0.25) is 0 Å². The third-order valence-electron chi connectivity index (χ3n) is 2.98. The first kappa shape index (κ1) is 12.4.